The topological polar surface area (TPSA) is 121 Å². The van der Waals surface area contributed by atoms with E-state index < -0.39 is 5.91 Å². The smallest absolute Gasteiger partial charge is 0.272 e. The molecule has 0 bridgehead atoms. The number of amides is 1. The highest BCUT2D eigenvalue weighted by Gasteiger charge is 2.10. The maximum Gasteiger partial charge on any atom is 0.272 e. The minimum absolute atomic E-state index is 0.0910. The van der Waals surface area contributed by atoms with Crippen LogP contribution in [-0.4, -0.2) is 26.3 Å². The van der Waals surface area contributed by atoms with Gasteiger partial charge in [-0.25, -0.2) is 10.2 Å². The van der Waals surface area contributed by atoms with Crippen LogP contribution in [0.2, 0.25) is 0 Å². The fraction of sp³-hybridized carbons (Fsp3) is 0.0714. The highest BCUT2D eigenvalue weighted by molar-refractivity contribution is 5.92. The van der Waals surface area contributed by atoms with Gasteiger partial charge in [-0.1, -0.05) is 18.2 Å². The Morgan fingerprint density at radius 2 is 1.77 bits per heavy atom. The quantitative estimate of drug-likeness (QED) is 0.625. The lowest BCUT2D eigenvalue weighted by Crippen LogP contribution is -2.26. The monoisotopic (exact) mass is 297 g/mol. The molecule has 0 unspecified atom stereocenters. The maximum atomic E-state index is 11.9. The zero-order chi connectivity index (χ0) is 15.5. The van der Waals surface area contributed by atoms with Crippen LogP contribution in [-0.2, 0) is 6.54 Å². The van der Waals surface area contributed by atoms with Crippen molar-refractivity contribution in [3.05, 3.63) is 68.5 Å². The number of benzene rings is 1. The molecular formula is C14H11N5O3. The lowest BCUT2D eigenvalue weighted by molar-refractivity contribution is 0.0944. The highest BCUT2D eigenvalue weighted by Crippen LogP contribution is 2.11. The second-order valence-corrected chi connectivity index (χ2v) is 4.53. The predicted octanol–water partition coefficient (Wildman–Crippen LogP) is -0.0636. The Hall–Kier alpha value is -3.29. The van der Waals surface area contributed by atoms with Crippen molar-refractivity contribution in [1.82, 2.24) is 25.7 Å². The van der Waals surface area contributed by atoms with Crippen molar-refractivity contribution in [2.75, 3.05) is 0 Å². The van der Waals surface area contributed by atoms with Gasteiger partial charge in [-0.15, -0.1) is 0 Å². The van der Waals surface area contributed by atoms with E-state index in [-0.39, 0.29) is 23.4 Å². The Morgan fingerprint density at radius 1 is 1.00 bits per heavy atom. The molecule has 0 fully saturated rings. The number of aromatic nitrogens is 4. The number of H-pyrrole nitrogens is 2. The second-order valence-electron chi connectivity index (χ2n) is 4.53. The second kappa shape index (κ2) is 5.60. The van der Waals surface area contributed by atoms with Crippen LogP contribution in [0.4, 0.5) is 0 Å². The normalized spacial score (nSPS) is 10.5. The number of carbonyl (C=O) groups excluding carboxylic acids is 1. The van der Waals surface area contributed by atoms with Crippen LogP contribution in [0.25, 0.3) is 10.8 Å². The van der Waals surface area contributed by atoms with Crippen molar-refractivity contribution >= 4 is 16.7 Å². The molecule has 3 aromatic rings. The summed E-state index contributed by atoms with van der Waals surface area (Å²) in [7, 11) is 0. The van der Waals surface area contributed by atoms with Gasteiger partial charge >= 0.3 is 0 Å². The molecule has 110 valence electrons. The van der Waals surface area contributed by atoms with Crippen molar-refractivity contribution in [1.29, 1.82) is 0 Å². The van der Waals surface area contributed by atoms with E-state index in [9.17, 15) is 14.4 Å². The van der Waals surface area contributed by atoms with Crippen LogP contribution in [0.15, 0.2) is 46.0 Å². The first-order valence-electron chi connectivity index (χ1n) is 6.45. The number of rotatable bonds is 3. The first kappa shape index (κ1) is 13.7. The third-order valence-electron chi connectivity index (χ3n) is 3.10. The van der Waals surface area contributed by atoms with Crippen LogP contribution in [0.5, 0.6) is 0 Å². The molecule has 3 N–H and O–H groups in total. The van der Waals surface area contributed by atoms with Crippen molar-refractivity contribution in [2.24, 2.45) is 0 Å². The molecule has 3 rings (SSSR count). The summed E-state index contributed by atoms with van der Waals surface area (Å²) in [6.07, 6.45) is 0. The summed E-state index contributed by atoms with van der Waals surface area (Å²) in [6.45, 7) is 0.122. The van der Waals surface area contributed by atoms with Gasteiger partial charge in [0.25, 0.3) is 17.0 Å². The number of hydrogen-bond acceptors (Lipinski definition) is 5. The number of aromatic amines is 2. The standard InChI is InChI=1S/C14H11N5O3/c20-12-6-5-10(16-18-12)14(22)15-7-11-8-3-1-2-4-9(8)13(21)19-17-11/h1-6H,7H2,(H,15,22)(H,18,20)(H,19,21). The van der Waals surface area contributed by atoms with Crippen LogP contribution in [0.1, 0.15) is 16.2 Å². The SMILES string of the molecule is O=C(NCc1n[nH]c(=O)c2ccccc12)c1ccc(=O)[nH]n1. The molecule has 0 aliphatic carbocycles. The molecule has 0 atom stereocenters. The van der Waals surface area contributed by atoms with Gasteiger partial charge in [-0.3, -0.25) is 14.4 Å². The molecule has 22 heavy (non-hydrogen) atoms. The molecule has 0 aliphatic rings. The number of carbonyl (C=O) groups is 1. The van der Waals surface area contributed by atoms with Crippen LogP contribution < -0.4 is 16.4 Å². The fourth-order valence-corrected chi connectivity index (χ4v) is 2.03. The maximum absolute atomic E-state index is 11.9. The molecule has 0 saturated heterocycles. The van der Waals surface area contributed by atoms with Gasteiger partial charge in [0.15, 0.2) is 0 Å². The van der Waals surface area contributed by atoms with Gasteiger partial charge in [0, 0.05) is 11.5 Å². The highest BCUT2D eigenvalue weighted by atomic mass is 16.2. The van der Waals surface area contributed by atoms with E-state index in [1.807, 2.05) is 0 Å². The molecule has 2 heterocycles. The third-order valence-corrected chi connectivity index (χ3v) is 3.10. The van der Waals surface area contributed by atoms with E-state index in [0.29, 0.717) is 16.5 Å². The largest absolute Gasteiger partial charge is 0.345 e. The number of nitrogens with one attached hydrogen (secondary N) is 3. The number of hydrogen-bond donors (Lipinski definition) is 3. The average molecular weight is 297 g/mol. The fourth-order valence-electron chi connectivity index (χ4n) is 2.03. The zero-order valence-electron chi connectivity index (χ0n) is 11.3. The van der Waals surface area contributed by atoms with Crippen molar-refractivity contribution in [3.63, 3.8) is 0 Å². The van der Waals surface area contributed by atoms with Crippen LogP contribution in [0, 0.1) is 0 Å². The summed E-state index contributed by atoms with van der Waals surface area (Å²) in [5.41, 5.74) is -0.0425. The lowest BCUT2D eigenvalue weighted by Gasteiger charge is -2.06. The van der Waals surface area contributed by atoms with Gasteiger partial charge < -0.3 is 5.32 Å². The Morgan fingerprint density at radius 3 is 2.50 bits per heavy atom. The minimum atomic E-state index is -0.451. The molecule has 8 heteroatoms. The van der Waals surface area contributed by atoms with Gasteiger partial charge in [0.2, 0.25) is 0 Å². The Balaban J connectivity index is 1.84. The lowest BCUT2D eigenvalue weighted by atomic mass is 10.1. The molecule has 1 amide bonds. The van der Waals surface area contributed by atoms with E-state index in [0.717, 1.165) is 0 Å². The Bertz CT molecular complexity index is 940. The van der Waals surface area contributed by atoms with Gasteiger partial charge in [0.05, 0.1) is 17.6 Å². The first-order chi connectivity index (χ1) is 10.6. The van der Waals surface area contributed by atoms with E-state index >= 15 is 0 Å². The zero-order valence-corrected chi connectivity index (χ0v) is 11.3. The molecule has 2 aromatic heterocycles. The van der Waals surface area contributed by atoms with Crippen LogP contribution in [0.3, 0.4) is 0 Å². The summed E-state index contributed by atoms with van der Waals surface area (Å²) in [4.78, 5) is 34.5. The Labute approximate surface area is 123 Å². The molecular weight excluding hydrogens is 286 g/mol. The predicted molar refractivity (Wildman–Crippen MR) is 78.4 cm³/mol. The average Bonchev–Trinajstić information content (AvgIpc) is 2.55. The third kappa shape index (κ3) is 2.62. The summed E-state index contributed by atoms with van der Waals surface area (Å²) in [6, 6.07) is 9.53. The Kier molecular flexibility index (Phi) is 3.48. The van der Waals surface area contributed by atoms with E-state index in [2.05, 4.69) is 25.7 Å². The summed E-state index contributed by atoms with van der Waals surface area (Å²) in [5, 5.41) is 16.0. The van der Waals surface area contributed by atoms with Crippen molar-refractivity contribution in [3.8, 4) is 0 Å². The van der Waals surface area contributed by atoms with Gasteiger partial charge in [0.1, 0.15) is 5.69 Å². The summed E-state index contributed by atoms with van der Waals surface area (Å²) >= 11 is 0. The van der Waals surface area contributed by atoms with E-state index in [1.165, 1.54) is 12.1 Å². The van der Waals surface area contributed by atoms with E-state index in [4.69, 9.17) is 0 Å². The number of nitrogens with zero attached hydrogens (tertiary/aromatic N) is 2. The molecule has 1 aromatic carbocycles. The van der Waals surface area contributed by atoms with Crippen molar-refractivity contribution in [2.45, 2.75) is 6.54 Å². The molecule has 0 radical (unpaired) electrons. The van der Waals surface area contributed by atoms with Gasteiger partial charge in [-0.2, -0.15) is 10.2 Å². The molecule has 0 spiro atoms. The molecule has 8 nitrogen and oxygen atoms in total. The molecule has 0 saturated carbocycles. The first-order valence-corrected chi connectivity index (χ1v) is 6.45. The van der Waals surface area contributed by atoms with Crippen molar-refractivity contribution < 1.29 is 4.79 Å². The van der Waals surface area contributed by atoms with E-state index in [1.54, 1.807) is 24.3 Å². The number of fused-ring (bicyclic) bond motifs is 1. The summed E-state index contributed by atoms with van der Waals surface area (Å²) < 4.78 is 0. The molecule has 0 aliphatic heterocycles. The minimum Gasteiger partial charge on any atom is -0.345 e. The summed E-state index contributed by atoms with van der Waals surface area (Å²) in [5.74, 6) is -0.451. The van der Waals surface area contributed by atoms with Crippen LogP contribution >= 0.6 is 0 Å². The van der Waals surface area contributed by atoms with Gasteiger partial charge in [-0.05, 0) is 12.1 Å².